The number of amides is 1. The number of ether oxygens (including phenoxy) is 1. The smallest absolute Gasteiger partial charge is 0.330 e. The van der Waals surface area contributed by atoms with Crippen LogP contribution in [-0.2, 0) is 21.0 Å². The largest absolute Gasteiger partial charge is 0.478 e. The van der Waals surface area contributed by atoms with E-state index >= 15 is 0 Å². The topological polar surface area (TPSA) is 76.1 Å². The second-order valence-corrected chi connectivity index (χ2v) is 3.94. The number of carbonyl (C=O) groups excluding carboxylic acids is 2. The molecular weight excluding hydrogens is 238 g/mol. The lowest BCUT2D eigenvalue weighted by Crippen LogP contribution is -2.45. The highest BCUT2D eigenvalue weighted by Gasteiger charge is 2.34. The SMILES string of the molecule is CC(=O)ON1C(=O)C(C)Oc2ccc(CO)cc21. The first kappa shape index (κ1) is 12.4. The molecule has 1 N–H and O–H groups in total. The van der Waals surface area contributed by atoms with Gasteiger partial charge in [0.2, 0.25) is 0 Å². The van der Waals surface area contributed by atoms with Crippen LogP contribution in [0.4, 0.5) is 5.69 Å². The Bertz CT molecular complexity index is 499. The highest BCUT2D eigenvalue weighted by Crippen LogP contribution is 2.35. The normalized spacial score (nSPS) is 18.1. The molecule has 18 heavy (non-hydrogen) atoms. The van der Waals surface area contributed by atoms with Crippen LogP contribution in [0.1, 0.15) is 19.4 Å². The van der Waals surface area contributed by atoms with Gasteiger partial charge in [0.05, 0.1) is 6.61 Å². The van der Waals surface area contributed by atoms with Crippen LogP contribution in [0.25, 0.3) is 0 Å². The van der Waals surface area contributed by atoms with Crippen molar-refractivity contribution < 1.29 is 24.3 Å². The quantitative estimate of drug-likeness (QED) is 0.840. The fourth-order valence-corrected chi connectivity index (χ4v) is 1.67. The predicted molar refractivity (Wildman–Crippen MR) is 61.7 cm³/mol. The number of hydrogen-bond donors (Lipinski definition) is 1. The zero-order valence-corrected chi connectivity index (χ0v) is 10.0. The first-order valence-electron chi connectivity index (χ1n) is 5.46. The summed E-state index contributed by atoms with van der Waals surface area (Å²) in [5, 5.41) is 9.98. The molecule has 1 aliphatic heterocycles. The highest BCUT2D eigenvalue weighted by atomic mass is 16.7. The third-order valence-corrected chi connectivity index (χ3v) is 2.50. The zero-order chi connectivity index (χ0) is 13.3. The van der Waals surface area contributed by atoms with Gasteiger partial charge in [-0.25, -0.2) is 4.79 Å². The summed E-state index contributed by atoms with van der Waals surface area (Å²) >= 11 is 0. The summed E-state index contributed by atoms with van der Waals surface area (Å²) in [6.45, 7) is 2.61. The van der Waals surface area contributed by atoms with Gasteiger partial charge in [0.25, 0.3) is 0 Å². The number of fused-ring (bicyclic) bond motifs is 1. The van der Waals surface area contributed by atoms with Crippen LogP contribution in [0.5, 0.6) is 5.75 Å². The average Bonchev–Trinajstić information content (AvgIpc) is 2.34. The zero-order valence-electron chi connectivity index (χ0n) is 10.0. The van der Waals surface area contributed by atoms with Crippen LogP contribution < -0.4 is 9.80 Å². The molecule has 6 nitrogen and oxygen atoms in total. The van der Waals surface area contributed by atoms with Crippen molar-refractivity contribution in [1.29, 1.82) is 0 Å². The monoisotopic (exact) mass is 251 g/mol. The van der Waals surface area contributed by atoms with Crippen molar-refractivity contribution in [2.75, 3.05) is 5.06 Å². The van der Waals surface area contributed by atoms with Crippen molar-refractivity contribution in [2.45, 2.75) is 26.6 Å². The van der Waals surface area contributed by atoms with Gasteiger partial charge in [0.1, 0.15) is 11.4 Å². The molecule has 1 atom stereocenters. The number of nitrogens with zero attached hydrogens (tertiary/aromatic N) is 1. The Kier molecular flexibility index (Phi) is 3.20. The van der Waals surface area contributed by atoms with Gasteiger partial charge in [0.15, 0.2) is 6.10 Å². The van der Waals surface area contributed by atoms with Gasteiger partial charge < -0.3 is 14.7 Å². The minimum absolute atomic E-state index is 0.176. The predicted octanol–water partition coefficient (Wildman–Crippen LogP) is 0.771. The minimum atomic E-state index is -0.725. The Morgan fingerprint density at radius 1 is 1.56 bits per heavy atom. The van der Waals surface area contributed by atoms with E-state index in [1.807, 2.05) is 0 Å². The number of anilines is 1. The minimum Gasteiger partial charge on any atom is -0.478 e. The number of aliphatic hydroxyl groups is 1. The maximum absolute atomic E-state index is 11.9. The van der Waals surface area contributed by atoms with Crippen LogP contribution in [0, 0.1) is 0 Å². The van der Waals surface area contributed by atoms with E-state index < -0.39 is 18.0 Å². The number of rotatable bonds is 2. The molecule has 0 spiro atoms. The van der Waals surface area contributed by atoms with Crippen molar-refractivity contribution in [3.05, 3.63) is 23.8 Å². The van der Waals surface area contributed by atoms with Crippen LogP contribution in [0.2, 0.25) is 0 Å². The summed E-state index contributed by atoms with van der Waals surface area (Å²) in [4.78, 5) is 27.8. The molecule has 0 fully saturated rings. The summed E-state index contributed by atoms with van der Waals surface area (Å²) < 4.78 is 5.39. The van der Waals surface area contributed by atoms with E-state index in [1.165, 1.54) is 6.92 Å². The molecule has 1 aromatic carbocycles. The number of hydroxylamine groups is 1. The molecule has 96 valence electrons. The summed E-state index contributed by atoms with van der Waals surface area (Å²) in [5.74, 6) is -0.633. The summed E-state index contributed by atoms with van der Waals surface area (Å²) in [7, 11) is 0. The standard InChI is InChI=1S/C12H13NO5/c1-7-12(16)13(18-8(2)15)10-5-9(6-14)3-4-11(10)17-7/h3-5,7,14H,6H2,1-2H3. The molecule has 1 amide bonds. The maximum atomic E-state index is 11.9. The molecule has 1 heterocycles. The average molecular weight is 251 g/mol. The first-order chi connectivity index (χ1) is 8.52. The van der Waals surface area contributed by atoms with E-state index in [1.54, 1.807) is 25.1 Å². The number of benzene rings is 1. The van der Waals surface area contributed by atoms with Gasteiger partial charge in [-0.1, -0.05) is 6.07 Å². The van der Waals surface area contributed by atoms with Gasteiger partial charge >= 0.3 is 11.9 Å². The van der Waals surface area contributed by atoms with Crippen molar-refractivity contribution in [3.63, 3.8) is 0 Å². The molecule has 0 aliphatic carbocycles. The molecule has 1 aliphatic rings. The Morgan fingerprint density at radius 2 is 2.28 bits per heavy atom. The van der Waals surface area contributed by atoms with E-state index in [4.69, 9.17) is 14.7 Å². The summed E-state index contributed by atoms with van der Waals surface area (Å²) in [6.07, 6.45) is -0.725. The maximum Gasteiger partial charge on any atom is 0.330 e. The fraction of sp³-hybridized carbons (Fsp3) is 0.333. The van der Waals surface area contributed by atoms with E-state index in [-0.39, 0.29) is 6.61 Å². The van der Waals surface area contributed by atoms with Gasteiger partial charge in [-0.2, -0.15) is 0 Å². The molecule has 6 heteroatoms. The number of carbonyl (C=O) groups is 2. The molecule has 0 bridgehead atoms. The number of aliphatic hydroxyl groups excluding tert-OH is 1. The molecule has 2 rings (SSSR count). The molecular formula is C12H13NO5. The molecule has 1 unspecified atom stereocenters. The van der Waals surface area contributed by atoms with Crippen molar-refractivity contribution in [2.24, 2.45) is 0 Å². The first-order valence-corrected chi connectivity index (χ1v) is 5.46. The highest BCUT2D eigenvalue weighted by molar-refractivity contribution is 5.99. The Morgan fingerprint density at radius 3 is 2.89 bits per heavy atom. The van der Waals surface area contributed by atoms with Gasteiger partial charge in [-0.3, -0.25) is 4.79 Å². The number of hydrogen-bond acceptors (Lipinski definition) is 5. The van der Waals surface area contributed by atoms with Crippen LogP contribution in [0.3, 0.4) is 0 Å². The lowest BCUT2D eigenvalue weighted by molar-refractivity contribution is -0.151. The second kappa shape index (κ2) is 4.66. The third kappa shape index (κ3) is 2.14. The lowest BCUT2D eigenvalue weighted by Gasteiger charge is -2.31. The van der Waals surface area contributed by atoms with E-state index in [9.17, 15) is 9.59 Å². The molecule has 0 saturated heterocycles. The third-order valence-electron chi connectivity index (χ3n) is 2.50. The van der Waals surface area contributed by atoms with Crippen molar-refractivity contribution in [1.82, 2.24) is 0 Å². The van der Waals surface area contributed by atoms with Crippen LogP contribution in [0.15, 0.2) is 18.2 Å². The molecule has 0 aromatic heterocycles. The molecule has 1 aromatic rings. The van der Waals surface area contributed by atoms with E-state index in [2.05, 4.69) is 0 Å². The lowest BCUT2D eigenvalue weighted by atomic mass is 10.1. The van der Waals surface area contributed by atoms with Gasteiger partial charge in [-0.15, -0.1) is 5.06 Å². The van der Waals surface area contributed by atoms with Crippen LogP contribution >= 0.6 is 0 Å². The molecule has 0 radical (unpaired) electrons. The second-order valence-electron chi connectivity index (χ2n) is 3.94. The van der Waals surface area contributed by atoms with Gasteiger partial charge in [0, 0.05) is 6.92 Å². The molecule has 0 saturated carbocycles. The Labute approximate surface area is 104 Å². The Hall–Kier alpha value is -2.08. The summed E-state index contributed by atoms with van der Waals surface area (Å²) in [6, 6.07) is 4.84. The Balaban J connectivity index is 2.45. The summed E-state index contributed by atoms with van der Waals surface area (Å²) in [5.41, 5.74) is 0.914. The van der Waals surface area contributed by atoms with E-state index in [0.717, 1.165) is 5.06 Å². The van der Waals surface area contributed by atoms with Gasteiger partial charge in [-0.05, 0) is 24.6 Å². The fourth-order valence-electron chi connectivity index (χ4n) is 1.67. The van der Waals surface area contributed by atoms with Crippen molar-refractivity contribution in [3.8, 4) is 5.75 Å². The van der Waals surface area contributed by atoms with Crippen molar-refractivity contribution >= 4 is 17.6 Å². The van der Waals surface area contributed by atoms with E-state index in [0.29, 0.717) is 17.0 Å². The van der Waals surface area contributed by atoms with Crippen LogP contribution in [-0.4, -0.2) is 23.1 Å².